The van der Waals surface area contributed by atoms with E-state index >= 15 is 0 Å². The number of benzene rings is 3. The van der Waals surface area contributed by atoms with Crippen molar-refractivity contribution in [1.29, 1.82) is 0 Å². The van der Waals surface area contributed by atoms with Crippen molar-refractivity contribution >= 4 is 11.8 Å². The molecule has 0 unspecified atom stereocenters. The van der Waals surface area contributed by atoms with E-state index < -0.39 is 0 Å². The van der Waals surface area contributed by atoms with E-state index in [0.717, 1.165) is 22.4 Å². The lowest BCUT2D eigenvalue weighted by Crippen LogP contribution is -2.24. The maximum absolute atomic E-state index is 12.4. The Morgan fingerprint density at radius 1 is 0.793 bits per heavy atom. The number of carbonyl (C=O) groups is 2. The van der Waals surface area contributed by atoms with Crippen LogP contribution in [-0.4, -0.2) is 18.9 Å². The van der Waals surface area contributed by atoms with Gasteiger partial charge in [0.2, 0.25) is 0 Å². The number of nitrogens with one attached hydrogen (secondary N) is 2. The molecule has 0 radical (unpaired) electrons. The van der Waals surface area contributed by atoms with Crippen molar-refractivity contribution in [3.8, 4) is 5.75 Å². The van der Waals surface area contributed by atoms with Gasteiger partial charge in [-0.3, -0.25) is 9.59 Å². The van der Waals surface area contributed by atoms with Crippen molar-refractivity contribution in [1.82, 2.24) is 10.6 Å². The Labute approximate surface area is 170 Å². The van der Waals surface area contributed by atoms with Gasteiger partial charge < -0.3 is 15.4 Å². The molecule has 0 heterocycles. The number of hydrogen-bond donors (Lipinski definition) is 2. The number of methoxy groups -OCH3 is 1. The Balaban J connectivity index is 1.56. The van der Waals surface area contributed by atoms with E-state index in [1.807, 2.05) is 55.5 Å². The van der Waals surface area contributed by atoms with Gasteiger partial charge in [-0.05, 0) is 42.8 Å². The van der Waals surface area contributed by atoms with Gasteiger partial charge in [0.1, 0.15) is 5.75 Å². The zero-order valence-electron chi connectivity index (χ0n) is 16.6. The third-order valence-electron chi connectivity index (χ3n) is 4.58. The molecule has 0 aromatic heterocycles. The average Bonchev–Trinajstić information content (AvgIpc) is 2.76. The van der Waals surface area contributed by atoms with E-state index in [1.165, 1.54) is 0 Å². The lowest BCUT2D eigenvalue weighted by Gasteiger charge is -2.10. The molecule has 0 aliphatic heterocycles. The SMILES string of the molecule is COc1ccccc1CNC(=O)c1ccc(C(=O)NCc2cccc(C)c2)cc1. The smallest absolute Gasteiger partial charge is 0.251 e. The molecule has 0 aliphatic rings. The predicted molar refractivity (Wildman–Crippen MR) is 113 cm³/mol. The standard InChI is InChI=1S/C24H24N2O3/c1-17-6-5-7-18(14-17)15-25-23(27)19-10-12-20(13-11-19)24(28)26-16-21-8-3-4-9-22(21)29-2/h3-14H,15-16H2,1-2H3,(H,25,27)(H,26,28). The van der Waals surface area contributed by atoms with Crippen LogP contribution in [0.25, 0.3) is 0 Å². The molecule has 148 valence electrons. The van der Waals surface area contributed by atoms with Crippen LogP contribution in [0.4, 0.5) is 0 Å². The minimum atomic E-state index is -0.206. The summed E-state index contributed by atoms with van der Waals surface area (Å²) in [6, 6.07) is 22.1. The summed E-state index contributed by atoms with van der Waals surface area (Å²) >= 11 is 0. The molecule has 3 rings (SSSR count). The summed E-state index contributed by atoms with van der Waals surface area (Å²) in [6.45, 7) is 2.84. The number of amides is 2. The number of para-hydroxylation sites is 1. The first-order valence-corrected chi connectivity index (χ1v) is 9.40. The van der Waals surface area contributed by atoms with Gasteiger partial charge in [0.05, 0.1) is 7.11 Å². The van der Waals surface area contributed by atoms with Gasteiger partial charge in [-0.25, -0.2) is 0 Å². The minimum absolute atomic E-state index is 0.174. The van der Waals surface area contributed by atoms with Crippen LogP contribution >= 0.6 is 0 Å². The molecule has 0 aliphatic carbocycles. The molecule has 2 amide bonds. The van der Waals surface area contributed by atoms with Gasteiger partial charge in [0, 0.05) is 29.8 Å². The number of rotatable bonds is 7. The van der Waals surface area contributed by atoms with Gasteiger partial charge in [-0.2, -0.15) is 0 Å². The first kappa shape index (κ1) is 20.1. The third kappa shape index (κ3) is 5.45. The zero-order chi connectivity index (χ0) is 20.6. The number of ether oxygens (including phenoxy) is 1. The zero-order valence-corrected chi connectivity index (χ0v) is 16.6. The highest BCUT2D eigenvalue weighted by Gasteiger charge is 2.10. The van der Waals surface area contributed by atoms with Crippen molar-refractivity contribution in [2.45, 2.75) is 20.0 Å². The topological polar surface area (TPSA) is 67.4 Å². The van der Waals surface area contributed by atoms with Crippen LogP contribution in [0.5, 0.6) is 5.75 Å². The van der Waals surface area contributed by atoms with Crippen molar-refractivity contribution in [2.24, 2.45) is 0 Å². The molecule has 0 spiro atoms. The number of carbonyl (C=O) groups excluding carboxylic acids is 2. The Morgan fingerprint density at radius 2 is 1.41 bits per heavy atom. The summed E-state index contributed by atoms with van der Waals surface area (Å²) in [7, 11) is 1.60. The molecular formula is C24H24N2O3. The molecule has 5 heteroatoms. The number of hydrogen-bond acceptors (Lipinski definition) is 3. The molecule has 0 saturated heterocycles. The van der Waals surface area contributed by atoms with E-state index in [4.69, 9.17) is 4.74 Å². The van der Waals surface area contributed by atoms with Crippen LogP contribution in [-0.2, 0) is 13.1 Å². The summed E-state index contributed by atoms with van der Waals surface area (Å²) < 4.78 is 5.29. The van der Waals surface area contributed by atoms with E-state index in [0.29, 0.717) is 24.2 Å². The highest BCUT2D eigenvalue weighted by Crippen LogP contribution is 2.17. The second-order valence-corrected chi connectivity index (χ2v) is 6.74. The molecule has 0 fully saturated rings. The molecule has 5 nitrogen and oxygen atoms in total. The quantitative estimate of drug-likeness (QED) is 0.646. The van der Waals surface area contributed by atoms with Gasteiger partial charge in [0.15, 0.2) is 0 Å². The molecule has 3 aromatic rings. The molecule has 29 heavy (non-hydrogen) atoms. The van der Waals surface area contributed by atoms with Gasteiger partial charge in [-0.15, -0.1) is 0 Å². The van der Waals surface area contributed by atoms with Crippen LogP contribution in [0.15, 0.2) is 72.8 Å². The molecule has 0 atom stereocenters. The van der Waals surface area contributed by atoms with E-state index in [-0.39, 0.29) is 11.8 Å². The van der Waals surface area contributed by atoms with Crippen molar-refractivity contribution in [3.63, 3.8) is 0 Å². The van der Waals surface area contributed by atoms with Gasteiger partial charge in [-0.1, -0.05) is 48.0 Å². The third-order valence-corrected chi connectivity index (χ3v) is 4.58. The maximum Gasteiger partial charge on any atom is 0.251 e. The summed E-state index contributed by atoms with van der Waals surface area (Å²) in [4.78, 5) is 24.7. The molecule has 0 bridgehead atoms. The summed E-state index contributed by atoms with van der Waals surface area (Å²) in [5.41, 5.74) is 4.11. The van der Waals surface area contributed by atoms with Gasteiger partial charge in [0.25, 0.3) is 11.8 Å². The Kier molecular flexibility index (Phi) is 6.63. The fourth-order valence-electron chi connectivity index (χ4n) is 3.01. The van der Waals surface area contributed by atoms with Crippen LogP contribution in [0.3, 0.4) is 0 Å². The summed E-state index contributed by atoms with van der Waals surface area (Å²) in [5, 5.41) is 5.77. The lowest BCUT2D eigenvalue weighted by atomic mass is 10.1. The average molecular weight is 388 g/mol. The fraction of sp³-hybridized carbons (Fsp3) is 0.167. The van der Waals surface area contributed by atoms with Crippen LogP contribution in [0.1, 0.15) is 37.4 Å². The normalized spacial score (nSPS) is 10.3. The highest BCUT2D eigenvalue weighted by atomic mass is 16.5. The first-order valence-electron chi connectivity index (χ1n) is 9.40. The van der Waals surface area contributed by atoms with Gasteiger partial charge >= 0.3 is 0 Å². The molecule has 3 aromatic carbocycles. The Morgan fingerprint density at radius 3 is 2.03 bits per heavy atom. The highest BCUT2D eigenvalue weighted by molar-refractivity contribution is 5.97. The fourth-order valence-corrected chi connectivity index (χ4v) is 3.01. The maximum atomic E-state index is 12.4. The summed E-state index contributed by atoms with van der Waals surface area (Å²) in [6.07, 6.45) is 0. The second-order valence-electron chi connectivity index (χ2n) is 6.74. The van der Waals surface area contributed by atoms with Crippen LogP contribution in [0, 0.1) is 6.92 Å². The van der Waals surface area contributed by atoms with E-state index in [2.05, 4.69) is 10.6 Å². The lowest BCUT2D eigenvalue weighted by molar-refractivity contribution is 0.0939. The monoisotopic (exact) mass is 388 g/mol. The van der Waals surface area contributed by atoms with E-state index in [1.54, 1.807) is 31.4 Å². The largest absolute Gasteiger partial charge is 0.496 e. The molecule has 0 saturated carbocycles. The second kappa shape index (κ2) is 9.55. The Hall–Kier alpha value is -3.60. The molecular weight excluding hydrogens is 364 g/mol. The van der Waals surface area contributed by atoms with Crippen molar-refractivity contribution in [2.75, 3.05) is 7.11 Å². The number of aryl methyl sites for hydroxylation is 1. The summed E-state index contributed by atoms with van der Waals surface area (Å²) in [5.74, 6) is 0.351. The van der Waals surface area contributed by atoms with Crippen molar-refractivity contribution < 1.29 is 14.3 Å². The molecule has 2 N–H and O–H groups in total. The van der Waals surface area contributed by atoms with Crippen LogP contribution < -0.4 is 15.4 Å². The Bertz CT molecular complexity index is 997. The minimum Gasteiger partial charge on any atom is -0.496 e. The predicted octanol–water partition coefficient (Wildman–Crippen LogP) is 3.86. The van der Waals surface area contributed by atoms with Crippen molar-refractivity contribution in [3.05, 3.63) is 101 Å². The first-order chi connectivity index (χ1) is 14.1. The van der Waals surface area contributed by atoms with E-state index in [9.17, 15) is 9.59 Å². The van der Waals surface area contributed by atoms with Crippen LogP contribution in [0.2, 0.25) is 0 Å².